The molecule has 1 amide bonds. The fourth-order valence-corrected chi connectivity index (χ4v) is 7.09. The van der Waals surface area contributed by atoms with Crippen LogP contribution < -0.4 is 10.2 Å². The van der Waals surface area contributed by atoms with Crippen molar-refractivity contribution in [1.29, 1.82) is 0 Å². The van der Waals surface area contributed by atoms with Gasteiger partial charge in [-0.1, -0.05) is 189 Å². The Labute approximate surface area is 369 Å². The molecule has 3 unspecified atom stereocenters. The summed E-state index contributed by atoms with van der Waals surface area (Å²) in [5, 5.41) is 13.7. The van der Waals surface area contributed by atoms with Gasteiger partial charge in [-0.15, -0.1) is 0 Å². The van der Waals surface area contributed by atoms with E-state index >= 15 is 0 Å². The van der Waals surface area contributed by atoms with Gasteiger partial charge in [-0.05, 0) is 70.6 Å². The summed E-state index contributed by atoms with van der Waals surface area (Å²) in [4.78, 5) is 25.1. The molecule has 0 aromatic heterocycles. The second kappa shape index (κ2) is 42.0. The summed E-state index contributed by atoms with van der Waals surface area (Å²) in [5.41, 5.74) is 0. The number of likely N-dealkylation sites (N-methyl/N-ethyl adjacent to an activating group) is 1. The Morgan fingerprint density at radius 3 is 1.48 bits per heavy atom. The fraction of sp³-hybridized carbons (Fsp3) is 0.706. The van der Waals surface area contributed by atoms with E-state index in [0.29, 0.717) is 23.9 Å². The third kappa shape index (κ3) is 43.8. The minimum absolute atomic E-state index is 0.00697. The molecule has 9 heteroatoms. The Kier molecular flexibility index (Phi) is 40.4. The van der Waals surface area contributed by atoms with Crippen LogP contribution in [-0.2, 0) is 18.4 Å². The van der Waals surface area contributed by atoms with Crippen LogP contribution in [0, 0.1) is 0 Å². The Bertz CT molecular complexity index is 1250. The van der Waals surface area contributed by atoms with Crippen LogP contribution >= 0.6 is 7.82 Å². The molecule has 0 saturated heterocycles. The Balaban J connectivity index is 3.94. The summed E-state index contributed by atoms with van der Waals surface area (Å²) in [6, 6.07) is -0.802. The number of unbranched alkanes of at least 4 members (excludes halogenated alkanes) is 15. The standard InChI is InChI=1S/C51H91N2O6P/c1-6-8-10-12-13-14-15-16-17-18-19-20-21-22-23-24-25-26-27-28-29-30-31-32-33-34-35-36-37-38-39-41-43-45-51(55)52-49(50(54)44-42-40-11-9-7-2)48-59-60(56,57)58-47-46-53(3,4)5/h8,10,13-14,16-17,19-20,22-23,25-26,28-29,49-50,54H,6-7,9,11-12,15,18,21,24,27,30-48H2,1-5H3,(H-,52,55,56,57)/b10-8-,14-13-,17-16-,20-19-,23-22-,26-25-,29-28-. The molecule has 0 radical (unpaired) electrons. The number of phosphoric acid groups is 1. The smallest absolute Gasteiger partial charge is 0.268 e. The van der Waals surface area contributed by atoms with Crippen LogP contribution in [0.15, 0.2) is 85.1 Å². The molecule has 346 valence electrons. The zero-order valence-corrected chi connectivity index (χ0v) is 40.0. The average Bonchev–Trinajstić information content (AvgIpc) is 3.20. The molecule has 3 atom stereocenters. The summed E-state index contributed by atoms with van der Waals surface area (Å²) in [7, 11) is 1.29. The zero-order chi connectivity index (χ0) is 44.3. The summed E-state index contributed by atoms with van der Waals surface area (Å²) in [6.45, 7) is 4.49. The van der Waals surface area contributed by atoms with Gasteiger partial charge < -0.3 is 28.8 Å². The fourth-order valence-electron chi connectivity index (χ4n) is 6.37. The van der Waals surface area contributed by atoms with Gasteiger partial charge in [-0.25, -0.2) is 0 Å². The number of phosphoric ester groups is 1. The highest BCUT2D eigenvalue weighted by molar-refractivity contribution is 7.45. The number of hydrogen-bond donors (Lipinski definition) is 2. The lowest BCUT2D eigenvalue weighted by atomic mass is 10.0. The lowest BCUT2D eigenvalue weighted by Gasteiger charge is -2.30. The Morgan fingerprint density at radius 1 is 0.600 bits per heavy atom. The maximum Gasteiger partial charge on any atom is 0.268 e. The molecular weight excluding hydrogens is 768 g/mol. The lowest BCUT2D eigenvalue weighted by Crippen LogP contribution is -2.46. The highest BCUT2D eigenvalue weighted by atomic mass is 31.2. The first-order chi connectivity index (χ1) is 29.0. The van der Waals surface area contributed by atoms with Crippen LogP contribution in [0.4, 0.5) is 0 Å². The number of carbonyl (C=O) groups is 1. The van der Waals surface area contributed by atoms with Gasteiger partial charge in [-0.3, -0.25) is 9.36 Å². The predicted octanol–water partition coefficient (Wildman–Crippen LogP) is 13.1. The first kappa shape index (κ1) is 57.7. The van der Waals surface area contributed by atoms with E-state index in [1.165, 1.54) is 57.8 Å². The first-order valence-electron chi connectivity index (χ1n) is 23.9. The van der Waals surface area contributed by atoms with E-state index in [9.17, 15) is 19.4 Å². The van der Waals surface area contributed by atoms with Crippen LogP contribution in [0.25, 0.3) is 0 Å². The van der Waals surface area contributed by atoms with E-state index in [-0.39, 0.29) is 19.1 Å². The number of aliphatic hydroxyl groups is 1. The minimum Gasteiger partial charge on any atom is -0.756 e. The molecule has 0 spiro atoms. The van der Waals surface area contributed by atoms with E-state index in [1.54, 1.807) is 0 Å². The number of allylic oxidation sites excluding steroid dienone is 14. The molecule has 60 heavy (non-hydrogen) atoms. The number of aliphatic hydroxyl groups excluding tert-OH is 1. The molecule has 2 N–H and O–H groups in total. The van der Waals surface area contributed by atoms with Crippen molar-refractivity contribution < 1.29 is 32.9 Å². The maximum atomic E-state index is 12.8. The Morgan fingerprint density at radius 2 is 1.02 bits per heavy atom. The molecule has 0 bridgehead atoms. The molecule has 0 fully saturated rings. The molecule has 0 saturated carbocycles. The topological polar surface area (TPSA) is 108 Å². The molecular formula is C51H91N2O6P. The van der Waals surface area contributed by atoms with Crippen molar-refractivity contribution in [1.82, 2.24) is 5.32 Å². The quantitative estimate of drug-likeness (QED) is 0.0274. The molecule has 8 nitrogen and oxygen atoms in total. The number of amides is 1. The number of carbonyl (C=O) groups excluding carboxylic acids is 1. The van der Waals surface area contributed by atoms with Crippen LogP contribution in [-0.4, -0.2) is 68.5 Å². The van der Waals surface area contributed by atoms with Crippen molar-refractivity contribution in [2.75, 3.05) is 40.9 Å². The second-order valence-corrected chi connectivity index (χ2v) is 18.5. The molecule has 0 aromatic rings. The summed E-state index contributed by atoms with van der Waals surface area (Å²) >= 11 is 0. The van der Waals surface area contributed by atoms with Gasteiger partial charge in [0.2, 0.25) is 5.91 Å². The van der Waals surface area contributed by atoms with Crippen molar-refractivity contribution in [3.05, 3.63) is 85.1 Å². The van der Waals surface area contributed by atoms with Gasteiger partial charge in [0.1, 0.15) is 13.2 Å². The highest BCUT2D eigenvalue weighted by Crippen LogP contribution is 2.38. The lowest BCUT2D eigenvalue weighted by molar-refractivity contribution is -0.870. The van der Waals surface area contributed by atoms with Gasteiger partial charge in [0.25, 0.3) is 7.82 Å². The number of nitrogens with one attached hydrogen (secondary N) is 1. The number of rotatable bonds is 42. The molecule has 0 aliphatic rings. The van der Waals surface area contributed by atoms with Crippen molar-refractivity contribution >= 4 is 13.7 Å². The molecule has 0 aromatic carbocycles. The van der Waals surface area contributed by atoms with E-state index in [4.69, 9.17) is 9.05 Å². The van der Waals surface area contributed by atoms with Crippen molar-refractivity contribution in [3.63, 3.8) is 0 Å². The van der Waals surface area contributed by atoms with Gasteiger partial charge in [0, 0.05) is 6.42 Å². The normalized spacial score (nSPS) is 15.0. The third-order valence-electron chi connectivity index (χ3n) is 10.1. The van der Waals surface area contributed by atoms with Gasteiger partial charge in [-0.2, -0.15) is 0 Å². The van der Waals surface area contributed by atoms with Crippen molar-refractivity contribution in [2.45, 2.75) is 193 Å². The van der Waals surface area contributed by atoms with Crippen LogP contribution in [0.1, 0.15) is 181 Å². The average molecular weight is 859 g/mol. The van der Waals surface area contributed by atoms with Gasteiger partial charge in [0.05, 0.1) is 39.9 Å². The van der Waals surface area contributed by atoms with Crippen LogP contribution in [0.5, 0.6) is 0 Å². The number of nitrogens with zero attached hydrogens (tertiary/aromatic N) is 1. The second-order valence-electron chi connectivity index (χ2n) is 17.1. The molecule has 0 rings (SSSR count). The van der Waals surface area contributed by atoms with Crippen molar-refractivity contribution in [3.8, 4) is 0 Å². The molecule has 0 aliphatic carbocycles. The third-order valence-corrected chi connectivity index (χ3v) is 11.1. The van der Waals surface area contributed by atoms with E-state index < -0.39 is 20.0 Å². The van der Waals surface area contributed by atoms with Crippen LogP contribution in [0.2, 0.25) is 0 Å². The molecule has 0 heterocycles. The van der Waals surface area contributed by atoms with E-state index in [0.717, 1.165) is 96.3 Å². The number of quaternary nitrogens is 1. The Hall–Kier alpha value is -2.32. The van der Waals surface area contributed by atoms with Crippen LogP contribution in [0.3, 0.4) is 0 Å². The van der Waals surface area contributed by atoms with E-state index in [1.807, 2.05) is 21.1 Å². The van der Waals surface area contributed by atoms with E-state index in [2.05, 4.69) is 104 Å². The number of hydrogen-bond acceptors (Lipinski definition) is 6. The SMILES string of the molecule is CC/C=C\C/C=C\C/C=C\C/C=C\C/C=C\C/C=C\C/C=C\CCCCCCCCCCCCCC(=O)NC(COP(=O)([O-])OCC[N+](C)(C)C)C(O)CCCCCCC. The summed E-state index contributed by atoms with van der Waals surface area (Å²) in [6.07, 6.45) is 57.9. The monoisotopic (exact) mass is 859 g/mol. The zero-order valence-electron chi connectivity index (χ0n) is 39.1. The maximum absolute atomic E-state index is 12.8. The predicted molar refractivity (Wildman–Crippen MR) is 256 cm³/mol. The van der Waals surface area contributed by atoms with Gasteiger partial charge >= 0.3 is 0 Å². The summed E-state index contributed by atoms with van der Waals surface area (Å²) in [5.74, 6) is -0.180. The van der Waals surface area contributed by atoms with Crippen molar-refractivity contribution in [2.24, 2.45) is 0 Å². The first-order valence-corrected chi connectivity index (χ1v) is 25.4. The van der Waals surface area contributed by atoms with Gasteiger partial charge in [0.15, 0.2) is 0 Å². The molecule has 0 aliphatic heterocycles. The summed E-state index contributed by atoms with van der Waals surface area (Å²) < 4.78 is 23.1. The largest absolute Gasteiger partial charge is 0.756 e. The highest BCUT2D eigenvalue weighted by Gasteiger charge is 2.24. The minimum atomic E-state index is -4.55.